The Morgan fingerprint density at radius 3 is 2.94 bits per heavy atom. The van der Waals surface area contributed by atoms with E-state index in [1.54, 1.807) is 11.8 Å². The van der Waals surface area contributed by atoms with E-state index in [-0.39, 0.29) is 24.1 Å². The van der Waals surface area contributed by atoms with Gasteiger partial charge in [0.25, 0.3) is 5.09 Å². The molecule has 16 heavy (non-hydrogen) atoms. The molecule has 0 bridgehead atoms. The molecule has 0 aromatic heterocycles. The zero-order valence-electron chi connectivity index (χ0n) is 8.61. The topological polar surface area (TPSA) is 70.8 Å². The highest BCUT2D eigenvalue weighted by Gasteiger charge is 2.49. The molecule has 2 fully saturated rings. The first-order valence-corrected chi connectivity index (χ1v) is 6.04. The van der Waals surface area contributed by atoms with Crippen molar-refractivity contribution in [3.05, 3.63) is 22.8 Å². The number of thioether (sulfide) groups is 1. The molecule has 90 valence electrons. The van der Waals surface area contributed by atoms with Gasteiger partial charge < -0.3 is 14.3 Å². The zero-order chi connectivity index (χ0) is 11.5. The van der Waals surface area contributed by atoms with Gasteiger partial charge in [0.05, 0.1) is 18.5 Å². The van der Waals surface area contributed by atoms with E-state index >= 15 is 0 Å². The molecule has 0 unspecified atom stereocenters. The Morgan fingerprint density at radius 2 is 2.25 bits per heavy atom. The fraction of sp³-hybridized carbons (Fsp3) is 0.778. The predicted molar refractivity (Wildman–Crippen MR) is 57.8 cm³/mol. The first kappa shape index (κ1) is 11.7. The van der Waals surface area contributed by atoms with Crippen LogP contribution in [0.3, 0.4) is 0 Å². The third kappa shape index (κ3) is 2.31. The normalized spacial score (nSPS) is 37.0. The molecule has 0 amide bonds. The number of hydrogen-bond donors (Lipinski definition) is 0. The van der Waals surface area contributed by atoms with Crippen molar-refractivity contribution in [1.29, 1.82) is 0 Å². The maximum atomic E-state index is 10.3. The quantitative estimate of drug-likeness (QED) is 0.403. The minimum Gasteiger partial charge on any atom is -0.372 e. The molecule has 2 saturated heterocycles. The summed E-state index contributed by atoms with van der Waals surface area (Å²) in [5.74, 6) is 0.821. The van der Waals surface area contributed by atoms with Crippen molar-refractivity contribution < 1.29 is 19.4 Å². The van der Waals surface area contributed by atoms with E-state index in [2.05, 4.69) is 11.4 Å². The van der Waals surface area contributed by atoms with Crippen LogP contribution in [0.5, 0.6) is 0 Å². The van der Waals surface area contributed by atoms with Gasteiger partial charge in [0, 0.05) is 5.75 Å². The van der Waals surface area contributed by atoms with Gasteiger partial charge in [-0.15, -0.1) is 28.5 Å². The van der Waals surface area contributed by atoms with Crippen LogP contribution in [0.2, 0.25) is 0 Å². The summed E-state index contributed by atoms with van der Waals surface area (Å²) in [4.78, 5) is 14.8. The summed E-state index contributed by atoms with van der Waals surface area (Å²) in [5.41, 5.74) is 0. The minimum absolute atomic E-state index is 0.102. The molecule has 2 heterocycles. The molecule has 0 aromatic carbocycles. The number of ether oxygens (including phenoxy) is 2. The Bertz CT molecular complexity index is 287. The van der Waals surface area contributed by atoms with Crippen LogP contribution >= 0.6 is 11.8 Å². The van der Waals surface area contributed by atoms with Gasteiger partial charge in [-0.2, -0.15) is 0 Å². The standard InChI is InChI=1S/C9H13NO5S/c1-2-3-16-7-5-14-8-6(15-10(11)12)4-13-9(7)8/h2,6-9H,1,3-5H2/t6-,7-,8+,9+/m1/s1. The lowest BCUT2D eigenvalue weighted by atomic mass is 10.1. The molecule has 0 N–H and O–H groups in total. The Balaban J connectivity index is 1.90. The number of fused-ring (bicyclic) bond motifs is 1. The van der Waals surface area contributed by atoms with Gasteiger partial charge in [-0.3, -0.25) is 0 Å². The van der Waals surface area contributed by atoms with Gasteiger partial charge in [-0.25, -0.2) is 0 Å². The smallest absolute Gasteiger partial charge is 0.294 e. The Morgan fingerprint density at radius 1 is 1.50 bits per heavy atom. The van der Waals surface area contributed by atoms with E-state index < -0.39 is 11.2 Å². The lowest BCUT2D eigenvalue weighted by Crippen LogP contribution is -2.33. The predicted octanol–water partition coefficient (Wildman–Crippen LogP) is 0.649. The van der Waals surface area contributed by atoms with Gasteiger partial charge >= 0.3 is 0 Å². The first-order chi connectivity index (χ1) is 7.72. The van der Waals surface area contributed by atoms with E-state index in [1.807, 2.05) is 6.08 Å². The van der Waals surface area contributed by atoms with E-state index in [0.29, 0.717) is 6.61 Å². The average Bonchev–Trinajstić information content (AvgIpc) is 2.78. The highest BCUT2D eigenvalue weighted by Crippen LogP contribution is 2.34. The Kier molecular flexibility index (Phi) is 3.67. The number of hydrogen-bond acceptors (Lipinski definition) is 6. The number of nitrogens with zero attached hydrogens (tertiary/aromatic N) is 1. The van der Waals surface area contributed by atoms with Crippen molar-refractivity contribution in [1.82, 2.24) is 0 Å². The molecular weight excluding hydrogens is 234 g/mol. The third-order valence-electron chi connectivity index (χ3n) is 2.61. The van der Waals surface area contributed by atoms with Gasteiger partial charge in [-0.05, 0) is 0 Å². The molecule has 0 radical (unpaired) electrons. The van der Waals surface area contributed by atoms with E-state index in [9.17, 15) is 10.1 Å². The Labute approximate surface area is 97.0 Å². The van der Waals surface area contributed by atoms with Crippen LogP contribution in [0.15, 0.2) is 12.7 Å². The fourth-order valence-electron chi connectivity index (χ4n) is 1.96. The summed E-state index contributed by atoms with van der Waals surface area (Å²) >= 11 is 1.69. The largest absolute Gasteiger partial charge is 0.372 e. The van der Waals surface area contributed by atoms with Gasteiger partial charge in [-0.1, -0.05) is 6.08 Å². The molecule has 0 spiro atoms. The van der Waals surface area contributed by atoms with Gasteiger partial charge in [0.15, 0.2) is 6.10 Å². The summed E-state index contributed by atoms with van der Waals surface area (Å²) in [5, 5.41) is 9.67. The third-order valence-corrected chi connectivity index (χ3v) is 3.87. The van der Waals surface area contributed by atoms with Crippen molar-refractivity contribution in [2.24, 2.45) is 0 Å². The first-order valence-electron chi connectivity index (χ1n) is 4.99. The van der Waals surface area contributed by atoms with Crippen LogP contribution in [-0.4, -0.2) is 47.6 Å². The second kappa shape index (κ2) is 5.03. The van der Waals surface area contributed by atoms with E-state index in [0.717, 1.165) is 5.75 Å². The second-order valence-electron chi connectivity index (χ2n) is 3.62. The molecule has 2 aliphatic heterocycles. The molecule has 6 nitrogen and oxygen atoms in total. The van der Waals surface area contributed by atoms with Crippen LogP contribution in [-0.2, 0) is 14.3 Å². The van der Waals surface area contributed by atoms with Crippen LogP contribution in [0.1, 0.15) is 0 Å². The molecule has 0 aromatic rings. The molecule has 4 atom stereocenters. The Hall–Kier alpha value is -0.790. The highest BCUT2D eigenvalue weighted by atomic mass is 32.2. The van der Waals surface area contributed by atoms with Crippen LogP contribution in [0.4, 0.5) is 0 Å². The SMILES string of the molecule is C=CCS[C@@H]1CO[C@@H]2[C@H]1OC[C@H]2O[N+](=O)[O-]. The maximum Gasteiger partial charge on any atom is 0.294 e. The monoisotopic (exact) mass is 247 g/mol. The number of rotatable bonds is 5. The molecule has 7 heteroatoms. The van der Waals surface area contributed by atoms with Gasteiger partial charge in [0.1, 0.15) is 12.2 Å². The van der Waals surface area contributed by atoms with Crippen molar-refractivity contribution in [2.75, 3.05) is 19.0 Å². The highest BCUT2D eigenvalue weighted by molar-refractivity contribution is 8.00. The molecular formula is C9H13NO5S. The van der Waals surface area contributed by atoms with Crippen molar-refractivity contribution in [3.63, 3.8) is 0 Å². The van der Waals surface area contributed by atoms with Gasteiger partial charge in [0.2, 0.25) is 0 Å². The summed E-state index contributed by atoms with van der Waals surface area (Å²) < 4.78 is 11.0. The van der Waals surface area contributed by atoms with Crippen LogP contribution < -0.4 is 0 Å². The lowest BCUT2D eigenvalue weighted by molar-refractivity contribution is -0.769. The molecule has 2 rings (SSSR count). The molecule has 0 saturated carbocycles. The lowest BCUT2D eigenvalue weighted by Gasteiger charge is -2.14. The summed E-state index contributed by atoms with van der Waals surface area (Å²) in [7, 11) is 0. The maximum absolute atomic E-state index is 10.3. The molecule has 0 aliphatic carbocycles. The average molecular weight is 247 g/mol. The van der Waals surface area contributed by atoms with Crippen LogP contribution in [0.25, 0.3) is 0 Å². The van der Waals surface area contributed by atoms with Crippen molar-refractivity contribution in [3.8, 4) is 0 Å². The summed E-state index contributed by atoms with van der Waals surface area (Å²) in [6.45, 7) is 4.42. The van der Waals surface area contributed by atoms with Crippen molar-refractivity contribution in [2.45, 2.75) is 23.6 Å². The molecule has 2 aliphatic rings. The van der Waals surface area contributed by atoms with Crippen LogP contribution in [0, 0.1) is 10.1 Å². The van der Waals surface area contributed by atoms with E-state index in [4.69, 9.17) is 9.47 Å². The van der Waals surface area contributed by atoms with E-state index in [1.165, 1.54) is 0 Å². The minimum atomic E-state index is -0.788. The second-order valence-corrected chi connectivity index (χ2v) is 4.90. The summed E-state index contributed by atoms with van der Waals surface area (Å²) in [6.07, 6.45) is 0.815. The fourth-order valence-corrected chi connectivity index (χ4v) is 2.95. The van der Waals surface area contributed by atoms with Crippen molar-refractivity contribution >= 4 is 11.8 Å². The zero-order valence-corrected chi connectivity index (χ0v) is 9.43. The summed E-state index contributed by atoms with van der Waals surface area (Å²) in [6, 6.07) is 0.